The van der Waals surface area contributed by atoms with E-state index in [0.717, 1.165) is 48.7 Å². The molecule has 1 aliphatic rings. The SMILES string of the molecule is O=C(CCl)NC1(CNC(=O)c2ccc3ncsc3c2)CCCCCC1. The number of hydrogen-bond acceptors (Lipinski definition) is 4. The van der Waals surface area contributed by atoms with Crippen LogP contribution in [0.3, 0.4) is 0 Å². The highest BCUT2D eigenvalue weighted by Crippen LogP contribution is 2.27. The van der Waals surface area contributed by atoms with E-state index in [-0.39, 0.29) is 17.7 Å². The molecular formula is C18H22ClN3O2S. The molecule has 7 heteroatoms. The van der Waals surface area contributed by atoms with Crippen LogP contribution in [0.25, 0.3) is 10.2 Å². The van der Waals surface area contributed by atoms with Gasteiger partial charge in [-0.3, -0.25) is 9.59 Å². The number of benzene rings is 1. The zero-order chi connectivity index (χ0) is 17.7. The van der Waals surface area contributed by atoms with E-state index in [2.05, 4.69) is 15.6 Å². The molecule has 2 aromatic rings. The topological polar surface area (TPSA) is 71.1 Å². The summed E-state index contributed by atoms with van der Waals surface area (Å²) >= 11 is 7.19. The molecule has 1 aliphatic carbocycles. The van der Waals surface area contributed by atoms with Crippen molar-refractivity contribution in [3.63, 3.8) is 0 Å². The average Bonchev–Trinajstić information content (AvgIpc) is 2.98. The van der Waals surface area contributed by atoms with Crippen LogP contribution in [0, 0.1) is 0 Å². The number of carbonyl (C=O) groups is 2. The van der Waals surface area contributed by atoms with Gasteiger partial charge in [-0.05, 0) is 31.0 Å². The summed E-state index contributed by atoms with van der Waals surface area (Å²) < 4.78 is 0.993. The smallest absolute Gasteiger partial charge is 0.251 e. The van der Waals surface area contributed by atoms with Crippen LogP contribution in [0.2, 0.25) is 0 Å². The first-order valence-electron chi connectivity index (χ1n) is 8.60. The second kappa shape index (κ2) is 8.15. The third kappa shape index (κ3) is 4.50. The molecule has 1 aromatic heterocycles. The van der Waals surface area contributed by atoms with Gasteiger partial charge in [0.2, 0.25) is 5.91 Å². The monoisotopic (exact) mass is 379 g/mol. The van der Waals surface area contributed by atoms with Crippen molar-refractivity contribution in [2.45, 2.75) is 44.1 Å². The van der Waals surface area contributed by atoms with Crippen molar-refractivity contribution in [1.29, 1.82) is 0 Å². The molecular weight excluding hydrogens is 358 g/mol. The van der Waals surface area contributed by atoms with Gasteiger partial charge in [-0.1, -0.05) is 25.7 Å². The van der Waals surface area contributed by atoms with Gasteiger partial charge in [0.25, 0.3) is 5.91 Å². The molecule has 1 heterocycles. The Balaban J connectivity index is 1.70. The van der Waals surface area contributed by atoms with Crippen LogP contribution in [0.1, 0.15) is 48.9 Å². The molecule has 2 N–H and O–H groups in total. The Morgan fingerprint density at radius 2 is 1.96 bits per heavy atom. The normalized spacial score (nSPS) is 17.0. The minimum Gasteiger partial charge on any atom is -0.350 e. The summed E-state index contributed by atoms with van der Waals surface area (Å²) in [6.45, 7) is 0.426. The van der Waals surface area contributed by atoms with Crippen LogP contribution in [-0.2, 0) is 4.79 Å². The Kier molecular flexibility index (Phi) is 5.91. The largest absolute Gasteiger partial charge is 0.350 e. The zero-order valence-electron chi connectivity index (χ0n) is 14.0. The Bertz CT molecular complexity index is 754. The van der Waals surface area contributed by atoms with Crippen LogP contribution < -0.4 is 10.6 Å². The van der Waals surface area contributed by atoms with Crippen LogP contribution in [0.5, 0.6) is 0 Å². The number of nitrogens with one attached hydrogen (secondary N) is 2. The van der Waals surface area contributed by atoms with Crippen LogP contribution >= 0.6 is 22.9 Å². The fourth-order valence-corrected chi connectivity index (χ4v) is 4.21. The Hall–Kier alpha value is -1.66. The number of aromatic nitrogens is 1. The van der Waals surface area contributed by atoms with E-state index < -0.39 is 5.54 Å². The number of fused-ring (bicyclic) bond motifs is 1. The maximum Gasteiger partial charge on any atom is 0.251 e. The summed E-state index contributed by atoms with van der Waals surface area (Å²) in [5, 5.41) is 6.07. The second-order valence-electron chi connectivity index (χ2n) is 6.59. The van der Waals surface area contributed by atoms with Gasteiger partial charge >= 0.3 is 0 Å². The van der Waals surface area contributed by atoms with Gasteiger partial charge in [0, 0.05) is 12.1 Å². The van der Waals surface area contributed by atoms with Gasteiger partial charge in [-0.25, -0.2) is 4.98 Å². The van der Waals surface area contributed by atoms with E-state index >= 15 is 0 Å². The molecule has 1 aromatic carbocycles. The lowest BCUT2D eigenvalue weighted by atomic mass is 9.89. The van der Waals surface area contributed by atoms with Crippen molar-refractivity contribution in [1.82, 2.24) is 15.6 Å². The summed E-state index contributed by atoms with van der Waals surface area (Å²) in [5.41, 5.74) is 2.89. The van der Waals surface area contributed by atoms with Gasteiger partial charge in [-0.2, -0.15) is 0 Å². The molecule has 134 valence electrons. The lowest BCUT2D eigenvalue weighted by Crippen LogP contribution is -2.55. The van der Waals surface area contributed by atoms with Gasteiger partial charge < -0.3 is 10.6 Å². The number of halogens is 1. The van der Waals surface area contributed by atoms with Crippen molar-refractivity contribution >= 4 is 45.0 Å². The van der Waals surface area contributed by atoms with E-state index in [9.17, 15) is 9.59 Å². The predicted octanol–water partition coefficient (Wildman–Crippen LogP) is 3.47. The van der Waals surface area contributed by atoms with Gasteiger partial charge in [0.15, 0.2) is 0 Å². The second-order valence-corrected chi connectivity index (χ2v) is 7.75. The average molecular weight is 380 g/mol. The van der Waals surface area contributed by atoms with E-state index in [1.54, 1.807) is 11.6 Å². The molecule has 1 saturated carbocycles. The minimum absolute atomic E-state index is 0.0578. The number of hydrogen-bond donors (Lipinski definition) is 2. The van der Waals surface area contributed by atoms with Gasteiger partial charge in [-0.15, -0.1) is 22.9 Å². The fraction of sp³-hybridized carbons (Fsp3) is 0.500. The first-order chi connectivity index (χ1) is 12.1. The third-order valence-electron chi connectivity index (χ3n) is 4.77. The van der Waals surface area contributed by atoms with E-state index in [4.69, 9.17) is 11.6 Å². The number of nitrogens with zero attached hydrogens (tertiary/aromatic N) is 1. The van der Waals surface area contributed by atoms with Crippen LogP contribution in [0.4, 0.5) is 0 Å². The molecule has 5 nitrogen and oxygen atoms in total. The van der Waals surface area contributed by atoms with E-state index in [1.165, 1.54) is 11.3 Å². The molecule has 0 unspecified atom stereocenters. The molecule has 0 atom stereocenters. The maximum atomic E-state index is 12.6. The Morgan fingerprint density at radius 1 is 1.20 bits per heavy atom. The molecule has 2 amide bonds. The van der Waals surface area contributed by atoms with Crippen LogP contribution in [0.15, 0.2) is 23.7 Å². The summed E-state index contributed by atoms with van der Waals surface area (Å²) in [4.78, 5) is 28.7. The molecule has 0 saturated heterocycles. The van der Waals surface area contributed by atoms with Crippen molar-refractivity contribution < 1.29 is 9.59 Å². The quantitative estimate of drug-likeness (QED) is 0.617. The Labute approximate surface area is 156 Å². The van der Waals surface area contributed by atoms with Crippen molar-refractivity contribution in [2.75, 3.05) is 12.4 Å². The van der Waals surface area contributed by atoms with E-state index in [0.29, 0.717) is 12.1 Å². The molecule has 3 rings (SSSR count). The molecule has 0 spiro atoms. The Morgan fingerprint density at radius 3 is 2.68 bits per heavy atom. The predicted molar refractivity (Wildman–Crippen MR) is 101 cm³/mol. The molecule has 0 bridgehead atoms. The van der Waals surface area contributed by atoms with Gasteiger partial charge in [0.1, 0.15) is 5.88 Å². The maximum absolute atomic E-state index is 12.6. The van der Waals surface area contributed by atoms with Gasteiger partial charge in [0.05, 0.1) is 21.3 Å². The summed E-state index contributed by atoms with van der Waals surface area (Å²) in [6.07, 6.45) is 6.15. The number of alkyl halides is 1. The van der Waals surface area contributed by atoms with Crippen molar-refractivity contribution in [2.24, 2.45) is 0 Å². The summed E-state index contributed by atoms with van der Waals surface area (Å²) in [5.74, 6) is -0.361. The van der Waals surface area contributed by atoms with Crippen LogP contribution in [-0.4, -0.2) is 34.8 Å². The number of thiazole rings is 1. The highest BCUT2D eigenvalue weighted by atomic mass is 35.5. The summed E-state index contributed by atoms with van der Waals surface area (Å²) in [6, 6.07) is 5.51. The lowest BCUT2D eigenvalue weighted by Gasteiger charge is -2.34. The highest BCUT2D eigenvalue weighted by molar-refractivity contribution is 7.16. The molecule has 0 aliphatic heterocycles. The summed E-state index contributed by atoms with van der Waals surface area (Å²) in [7, 11) is 0. The minimum atomic E-state index is -0.396. The fourth-order valence-electron chi connectivity index (χ4n) is 3.43. The number of amides is 2. The van der Waals surface area contributed by atoms with Crippen molar-refractivity contribution in [3.05, 3.63) is 29.3 Å². The molecule has 1 fully saturated rings. The first kappa shape index (κ1) is 18.1. The van der Waals surface area contributed by atoms with E-state index in [1.807, 2.05) is 12.1 Å². The zero-order valence-corrected chi connectivity index (χ0v) is 15.6. The number of rotatable bonds is 5. The highest BCUT2D eigenvalue weighted by Gasteiger charge is 2.32. The standard InChI is InChI=1S/C18H22ClN3O2S/c19-10-16(23)22-18(7-3-1-2-4-8-18)11-20-17(24)13-5-6-14-15(9-13)25-12-21-14/h5-6,9,12H,1-4,7-8,10-11H2,(H,20,24)(H,22,23). The first-order valence-corrected chi connectivity index (χ1v) is 10.0. The third-order valence-corrected chi connectivity index (χ3v) is 5.80. The lowest BCUT2D eigenvalue weighted by molar-refractivity contribution is -0.120. The molecule has 0 radical (unpaired) electrons. The molecule has 25 heavy (non-hydrogen) atoms. The van der Waals surface area contributed by atoms with Crippen molar-refractivity contribution in [3.8, 4) is 0 Å². The number of carbonyl (C=O) groups excluding carboxylic acids is 2.